The lowest BCUT2D eigenvalue weighted by Crippen LogP contribution is -2.34. The molecule has 3 rings (SSSR count). The third-order valence-corrected chi connectivity index (χ3v) is 5.12. The number of methoxy groups -OCH3 is 1. The van der Waals surface area contributed by atoms with Gasteiger partial charge in [-0.3, -0.25) is 19.3 Å². The lowest BCUT2D eigenvalue weighted by molar-refractivity contribution is -0.140. The van der Waals surface area contributed by atoms with Crippen molar-refractivity contribution in [2.45, 2.75) is 39.0 Å². The lowest BCUT2D eigenvalue weighted by atomic mass is 9.81. The summed E-state index contributed by atoms with van der Waals surface area (Å²) in [6.07, 6.45) is 3.67. The molecule has 1 aliphatic carbocycles. The fourth-order valence-electron chi connectivity index (χ4n) is 3.80. The highest BCUT2D eigenvalue weighted by Gasteiger charge is 2.47. The second-order valence-corrected chi connectivity index (χ2v) is 6.83. The highest BCUT2D eigenvalue weighted by atomic mass is 16.5. The van der Waals surface area contributed by atoms with Gasteiger partial charge in [-0.25, -0.2) is 0 Å². The van der Waals surface area contributed by atoms with Gasteiger partial charge >= 0.3 is 0 Å². The normalized spacial score (nSPS) is 22.7. The molecule has 2 fully saturated rings. The van der Waals surface area contributed by atoms with Crippen molar-refractivity contribution in [3.8, 4) is 5.75 Å². The average Bonchev–Trinajstić information content (AvgIpc) is 2.85. The molecule has 6 heteroatoms. The smallest absolute Gasteiger partial charge is 0.233 e. The van der Waals surface area contributed by atoms with Crippen molar-refractivity contribution in [2.24, 2.45) is 11.8 Å². The van der Waals surface area contributed by atoms with Crippen molar-refractivity contribution < 1.29 is 19.1 Å². The van der Waals surface area contributed by atoms with Crippen LogP contribution in [-0.2, 0) is 14.4 Å². The number of nitrogens with one attached hydrogen (secondary N) is 1. The molecule has 2 aliphatic rings. The number of likely N-dealkylation sites (tertiary alicyclic amines) is 1. The Hall–Kier alpha value is -2.37. The molecule has 25 heavy (non-hydrogen) atoms. The van der Waals surface area contributed by atoms with E-state index in [2.05, 4.69) is 5.32 Å². The van der Waals surface area contributed by atoms with Gasteiger partial charge in [-0.15, -0.1) is 0 Å². The molecule has 2 atom stereocenters. The van der Waals surface area contributed by atoms with Gasteiger partial charge < -0.3 is 10.1 Å². The minimum Gasteiger partial charge on any atom is -0.495 e. The van der Waals surface area contributed by atoms with Gasteiger partial charge in [0.2, 0.25) is 17.7 Å². The number of carbonyl (C=O) groups excluding carboxylic acids is 3. The summed E-state index contributed by atoms with van der Waals surface area (Å²) in [5, 5.41) is 2.81. The summed E-state index contributed by atoms with van der Waals surface area (Å²) in [5.41, 5.74) is 1.60. The van der Waals surface area contributed by atoms with E-state index in [1.54, 1.807) is 13.2 Å². The molecule has 1 aromatic carbocycles. The number of aryl methyl sites for hydroxylation is 1. The number of benzene rings is 1. The molecule has 1 aliphatic heterocycles. The Labute approximate surface area is 147 Å². The minimum atomic E-state index is -0.237. The Bertz CT molecular complexity index is 677. The van der Waals surface area contributed by atoms with Crippen molar-refractivity contribution in [2.75, 3.05) is 19.0 Å². The van der Waals surface area contributed by atoms with Crippen LogP contribution in [0.2, 0.25) is 0 Å². The SMILES string of the molecule is COc1ccc(C)cc1NC(=O)CCN1C(=O)C2CCCCC2C1=O. The molecular weight excluding hydrogens is 320 g/mol. The van der Waals surface area contributed by atoms with Crippen LogP contribution in [0.4, 0.5) is 5.69 Å². The first-order valence-electron chi connectivity index (χ1n) is 8.81. The van der Waals surface area contributed by atoms with Gasteiger partial charge in [0.25, 0.3) is 0 Å². The largest absolute Gasteiger partial charge is 0.495 e. The molecule has 0 radical (unpaired) electrons. The van der Waals surface area contributed by atoms with Gasteiger partial charge in [0.15, 0.2) is 0 Å². The molecular formula is C19H24N2O4. The minimum absolute atomic E-state index is 0.0913. The maximum atomic E-state index is 12.4. The van der Waals surface area contributed by atoms with Crippen LogP contribution < -0.4 is 10.1 Å². The average molecular weight is 344 g/mol. The van der Waals surface area contributed by atoms with Gasteiger partial charge in [0.05, 0.1) is 24.6 Å². The Morgan fingerprint density at radius 2 is 1.84 bits per heavy atom. The molecule has 0 spiro atoms. The molecule has 1 saturated heterocycles. The van der Waals surface area contributed by atoms with E-state index in [4.69, 9.17) is 4.74 Å². The molecule has 1 N–H and O–H groups in total. The number of anilines is 1. The number of fused-ring (bicyclic) bond motifs is 1. The highest BCUT2D eigenvalue weighted by Crippen LogP contribution is 2.38. The summed E-state index contributed by atoms with van der Waals surface area (Å²) in [5.74, 6) is -0.189. The first-order chi connectivity index (χ1) is 12.0. The first kappa shape index (κ1) is 17.5. The van der Waals surface area contributed by atoms with Crippen molar-refractivity contribution in [1.82, 2.24) is 4.90 Å². The van der Waals surface area contributed by atoms with E-state index in [9.17, 15) is 14.4 Å². The fourth-order valence-corrected chi connectivity index (χ4v) is 3.80. The van der Waals surface area contributed by atoms with E-state index in [1.165, 1.54) is 4.90 Å². The number of amides is 3. The van der Waals surface area contributed by atoms with Crippen LogP contribution >= 0.6 is 0 Å². The molecule has 1 heterocycles. The monoisotopic (exact) mass is 344 g/mol. The summed E-state index contributed by atoms with van der Waals surface area (Å²) < 4.78 is 5.24. The Morgan fingerprint density at radius 3 is 2.44 bits per heavy atom. The van der Waals surface area contributed by atoms with Crippen molar-refractivity contribution in [3.63, 3.8) is 0 Å². The van der Waals surface area contributed by atoms with Crippen molar-refractivity contribution >= 4 is 23.4 Å². The number of hydrogen-bond donors (Lipinski definition) is 1. The van der Waals surface area contributed by atoms with E-state index in [0.717, 1.165) is 31.2 Å². The number of hydrogen-bond acceptors (Lipinski definition) is 4. The quantitative estimate of drug-likeness (QED) is 0.833. The van der Waals surface area contributed by atoms with E-state index in [1.807, 2.05) is 19.1 Å². The standard InChI is InChI=1S/C19H24N2O4/c1-12-7-8-16(25-2)15(11-12)20-17(22)9-10-21-18(23)13-5-3-4-6-14(13)19(21)24/h7-8,11,13-14H,3-6,9-10H2,1-2H3,(H,20,22). The molecule has 1 saturated carbocycles. The van der Waals surface area contributed by atoms with Crippen LogP contribution in [0.25, 0.3) is 0 Å². The van der Waals surface area contributed by atoms with E-state index in [-0.39, 0.29) is 42.5 Å². The topological polar surface area (TPSA) is 75.7 Å². The van der Waals surface area contributed by atoms with Gasteiger partial charge in [-0.05, 0) is 37.5 Å². The van der Waals surface area contributed by atoms with Gasteiger partial charge in [0.1, 0.15) is 5.75 Å². The number of ether oxygens (including phenoxy) is 1. The molecule has 0 bridgehead atoms. The molecule has 1 aromatic rings. The maximum Gasteiger partial charge on any atom is 0.233 e. The molecule has 3 amide bonds. The predicted octanol–water partition coefficient (Wildman–Crippen LogP) is 2.51. The lowest BCUT2D eigenvalue weighted by Gasteiger charge is -2.19. The number of carbonyl (C=O) groups is 3. The van der Waals surface area contributed by atoms with Crippen LogP contribution in [0.1, 0.15) is 37.7 Å². The predicted molar refractivity (Wildman–Crippen MR) is 93.1 cm³/mol. The molecule has 2 unspecified atom stereocenters. The fraction of sp³-hybridized carbons (Fsp3) is 0.526. The van der Waals surface area contributed by atoms with Gasteiger partial charge in [-0.2, -0.15) is 0 Å². The third kappa shape index (κ3) is 3.52. The zero-order valence-electron chi connectivity index (χ0n) is 14.7. The summed E-state index contributed by atoms with van der Waals surface area (Å²) in [6.45, 7) is 2.07. The van der Waals surface area contributed by atoms with Crippen LogP contribution in [-0.4, -0.2) is 36.3 Å². The van der Waals surface area contributed by atoms with Crippen LogP contribution in [0, 0.1) is 18.8 Å². The summed E-state index contributed by atoms with van der Waals surface area (Å²) in [7, 11) is 1.55. The Morgan fingerprint density at radius 1 is 1.20 bits per heavy atom. The van der Waals surface area contributed by atoms with Crippen molar-refractivity contribution in [1.29, 1.82) is 0 Å². The van der Waals surface area contributed by atoms with E-state index in [0.29, 0.717) is 11.4 Å². The van der Waals surface area contributed by atoms with Crippen LogP contribution in [0.3, 0.4) is 0 Å². The Kier molecular flexibility index (Phi) is 5.06. The second kappa shape index (κ2) is 7.25. The van der Waals surface area contributed by atoms with Gasteiger partial charge in [0, 0.05) is 13.0 Å². The second-order valence-electron chi connectivity index (χ2n) is 6.83. The summed E-state index contributed by atoms with van der Waals surface area (Å²) in [4.78, 5) is 38.4. The molecule has 6 nitrogen and oxygen atoms in total. The summed E-state index contributed by atoms with van der Waals surface area (Å²) >= 11 is 0. The highest BCUT2D eigenvalue weighted by molar-refractivity contribution is 6.05. The maximum absolute atomic E-state index is 12.4. The van der Waals surface area contributed by atoms with E-state index < -0.39 is 0 Å². The number of imide groups is 1. The van der Waals surface area contributed by atoms with Gasteiger partial charge in [-0.1, -0.05) is 18.9 Å². The van der Waals surface area contributed by atoms with Crippen LogP contribution in [0.5, 0.6) is 5.75 Å². The Balaban J connectivity index is 1.60. The first-order valence-corrected chi connectivity index (χ1v) is 8.81. The zero-order valence-corrected chi connectivity index (χ0v) is 14.7. The summed E-state index contributed by atoms with van der Waals surface area (Å²) in [6, 6.07) is 5.53. The number of rotatable bonds is 5. The van der Waals surface area contributed by atoms with Crippen molar-refractivity contribution in [3.05, 3.63) is 23.8 Å². The third-order valence-electron chi connectivity index (χ3n) is 5.12. The zero-order chi connectivity index (χ0) is 18.0. The molecule has 134 valence electrons. The van der Waals surface area contributed by atoms with Crippen LogP contribution in [0.15, 0.2) is 18.2 Å². The molecule has 0 aromatic heterocycles. The number of nitrogens with zero attached hydrogens (tertiary/aromatic N) is 1. The van der Waals surface area contributed by atoms with E-state index >= 15 is 0 Å².